The Morgan fingerprint density at radius 2 is 2.29 bits per heavy atom. The first-order valence-corrected chi connectivity index (χ1v) is 6.32. The lowest BCUT2D eigenvalue weighted by Crippen LogP contribution is -2.33. The number of hydrogen-bond acceptors (Lipinski definition) is 1. The normalized spacial score (nSPS) is 43.1. The molecule has 0 amide bonds. The largest absolute Gasteiger partial charge is 0.382 e. The second kappa shape index (κ2) is 4.02. The van der Waals surface area contributed by atoms with Gasteiger partial charge in [-0.05, 0) is 49.9 Å². The number of ether oxygens (including phenoxy) is 1. The van der Waals surface area contributed by atoms with E-state index in [2.05, 4.69) is 6.92 Å². The van der Waals surface area contributed by atoms with Crippen LogP contribution in [0.15, 0.2) is 0 Å². The summed E-state index contributed by atoms with van der Waals surface area (Å²) < 4.78 is 5.39. The average molecular weight is 217 g/mol. The molecule has 0 aromatic rings. The molecule has 0 spiro atoms. The summed E-state index contributed by atoms with van der Waals surface area (Å²) in [7, 11) is 1.81. The third-order valence-corrected chi connectivity index (χ3v) is 5.00. The van der Waals surface area contributed by atoms with Crippen molar-refractivity contribution in [2.24, 2.45) is 17.3 Å². The Balaban J connectivity index is 2.03. The molecule has 82 valence electrons. The molecule has 2 aliphatic carbocycles. The van der Waals surface area contributed by atoms with Crippen molar-refractivity contribution in [1.29, 1.82) is 0 Å². The highest BCUT2D eigenvalue weighted by molar-refractivity contribution is 6.18. The minimum Gasteiger partial charge on any atom is -0.382 e. The van der Waals surface area contributed by atoms with Gasteiger partial charge in [-0.1, -0.05) is 6.42 Å². The standard InChI is InChI=1S/C12H21ClO/c1-9(14-2)6-12(8-13)7-10-3-4-11(12)5-10/h9-11H,3-8H2,1-2H3. The lowest BCUT2D eigenvalue weighted by Gasteiger charge is -2.37. The van der Waals surface area contributed by atoms with Gasteiger partial charge in [-0.15, -0.1) is 11.6 Å². The molecule has 2 rings (SSSR count). The third-order valence-electron chi connectivity index (χ3n) is 4.46. The van der Waals surface area contributed by atoms with E-state index in [4.69, 9.17) is 16.3 Å². The molecule has 2 heteroatoms. The van der Waals surface area contributed by atoms with E-state index in [1.54, 1.807) is 7.11 Å². The van der Waals surface area contributed by atoms with E-state index in [9.17, 15) is 0 Å². The molecule has 4 atom stereocenters. The molecule has 0 heterocycles. The Morgan fingerprint density at radius 3 is 2.71 bits per heavy atom. The average Bonchev–Trinajstić information content (AvgIpc) is 2.77. The molecule has 0 radical (unpaired) electrons. The molecular formula is C12H21ClO. The first-order valence-electron chi connectivity index (χ1n) is 5.79. The van der Waals surface area contributed by atoms with Crippen molar-refractivity contribution in [2.75, 3.05) is 13.0 Å². The highest BCUT2D eigenvalue weighted by atomic mass is 35.5. The number of hydrogen-bond donors (Lipinski definition) is 0. The Bertz CT molecular complexity index is 206. The van der Waals surface area contributed by atoms with E-state index >= 15 is 0 Å². The fourth-order valence-corrected chi connectivity index (χ4v) is 4.12. The second-order valence-corrected chi connectivity index (χ2v) is 5.59. The molecule has 14 heavy (non-hydrogen) atoms. The van der Waals surface area contributed by atoms with Crippen LogP contribution in [0.5, 0.6) is 0 Å². The molecule has 0 aromatic carbocycles. The summed E-state index contributed by atoms with van der Waals surface area (Å²) in [4.78, 5) is 0. The van der Waals surface area contributed by atoms with Crippen LogP contribution < -0.4 is 0 Å². The maximum atomic E-state index is 6.20. The van der Waals surface area contributed by atoms with Crippen LogP contribution >= 0.6 is 11.6 Å². The van der Waals surface area contributed by atoms with Crippen LogP contribution in [-0.4, -0.2) is 19.1 Å². The van der Waals surface area contributed by atoms with Crippen LogP contribution in [0, 0.1) is 17.3 Å². The molecule has 2 fully saturated rings. The van der Waals surface area contributed by atoms with E-state index in [1.807, 2.05) is 0 Å². The SMILES string of the molecule is COC(C)CC1(CCl)CC2CCC1C2. The minimum atomic E-state index is 0.369. The van der Waals surface area contributed by atoms with Gasteiger partial charge in [0.1, 0.15) is 0 Å². The predicted molar refractivity (Wildman–Crippen MR) is 59.7 cm³/mol. The summed E-state index contributed by atoms with van der Waals surface area (Å²) in [5, 5.41) is 0. The van der Waals surface area contributed by atoms with Gasteiger partial charge in [-0.25, -0.2) is 0 Å². The summed E-state index contributed by atoms with van der Waals surface area (Å²) in [5.41, 5.74) is 0.417. The summed E-state index contributed by atoms with van der Waals surface area (Å²) in [6, 6.07) is 0. The van der Waals surface area contributed by atoms with E-state index < -0.39 is 0 Å². The van der Waals surface area contributed by atoms with Crippen LogP contribution in [0.4, 0.5) is 0 Å². The molecule has 0 aliphatic heterocycles. The quantitative estimate of drug-likeness (QED) is 0.654. The van der Waals surface area contributed by atoms with Crippen molar-refractivity contribution in [2.45, 2.75) is 45.1 Å². The van der Waals surface area contributed by atoms with Gasteiger partial charge in [0.2, 0.25) is 0 Å². The summed E-state index contributed by atoms with van der Waals surface area (Å²) in [6.07, 6.45) is 7.18. The van der Waals surface area contributed by atoms with Gasteiger partial charge in [0, 0.05) is 13.0 Å². The lowest BCUT2D eigenvalue weighted by atomic mass is 9.71. The molecule has 0 aromatic heterocycles. The first kappa shape index (κ1) is 10.8. The summed E-state index contributed by atoms with van der Waals surface area (Å²) >= 11 is 6.20. The van der Waals surface area contributed by atoms with Gasteiger partial charge < -0.3 is 4.74 Å². The molecule has 2 aliphatic rings. The van der Waals surface area contributed by atoms with Crippen LogP contribution in [0.1, 0.15) is 39.0 Å². The van der Waals surface area contributed by atoms with Gasteiger partial charge in [0.05, 0.1) is 6.10 Å². The van der Waals surface area contributed by atoms with Crippen molar-refractivity contribution in [3.05, 3.63) is 0 Å². The van der Waals surface area contributed by atoms with E-state index in [0.717, 1.165) is 24.1 Å². The number of alkyl halides is 1. The highest BCUT2D eigenvalue weighted by Crippen LogP contribution is 2.58. The van der Waals surface area contributed by atoms with Crippen molar-refractivity contribution in [1.82, 2.24) is 0 Å². The fraction of sp³-hybridized carbons (Fsp3) is 1.00. The smallest absolute Gasteiger partial charge is 0.0549 e. The molecular weight excluding hydrogens is 196 g/mol. The number of halogens is 1. The van der Waals surface area contributed by atoms with Gasteiger partial charge >= 0.3 is 0 Å². The number of rotatable bonds is 4. The molecule has 4 unspecified atom stereocenters. The maximum Gasteiger partial charge on any atom is 0.0549 e. The number of methoxy groups -OCH3 is 1. The maximum absolute atomic E-state index is 6.20. The van der Waals surface area contributed by atoms with Crippen molar-refractivity contribution in [3.8, 4) is 0 Å². The van der Waals surface area contributed by atoms with Gasteiger partial charge in [0.25, 0.3) is 0 Å². The minimum absolute atomic E-state index is 0.369. The molecule has 2 saturated carbocycles. The number of fused-ring (bicyclic) bond motifs is 2. The summed E-state index contributed by atoms with van der Waals surface area (Å²) in [5.74, 6) is 2.70. The van der Waals surface area contributed by atoms with Gasteiger partial charge in [-0.3, -0.25) is 0 Å². The van der Waals surface area contributed by atoms with E-state index in [1.165, 1.54) is 25.7 Å². The predicted octanol–water partition coefficient (Wildman–Crippen LogP) is 3.46. The first-order chi connectivity index (χ1) is 6.70. The van der Waals surface area contributed by atoms with Crippen molar-refractivity contribution in [3.63, 3.8) is 0 Å². The summed E-state index contributed by atoms with van der Waals surface area (Å²) in [6.45, 7) is 2.17. The van der Waals surface area contributed by atoms with Crippen LogP contribution in [0.25, 0.3) is 0 Å². The zero-order valence-electron chi connectivity index (χ0n) is 9.26. The second-order valence-electron chi connectivity index (χ2n) is 5.33. The van der Waals surface area contributed by atoms with Crippen LogP contribution in [0.3, 0.4) is 0 Å². The monoisotopic (exact) mass is 216 g/mol. The van der Waals surface area contributed by atoms with Gasteiger partial charge in [-0.2, -0.15) is 0 Å². The molecule has 0 saturated heterocycles. The highest BCUT2D eigenvalue weighted by Gasteiger charge is 2.50. The third kappa shape index (κ3) is 1.69. The zero-order chi connectivity index (χ0) is 10.2. The van der Waals surface area contributed by atoms with Crippen molar-refractivity contribution < 1.29 is 4.74 Å². The molecule has 2 bridgehead atoms. The molecule has 1 nitrogen and oxygen atoms in total. The molecule has 0 N–H and O–H groups in total. The Kier molecular flexibility index (Phi) is 3.09. The van der Waals surface area contributed by atoms with Crippen LogP contribution in [-0.2, 0) is 4.74 Å². The van der Waals surface area contributed by atoms with Crippen LogP contribution in [0.2, 0.25) is 0 Å². The van der Waals surface area contributed by atoms with E-state index in [0.29, 0.717) is 11.5 Å². The Labute approximate surface area is 92.2 Å². The zero-order valence-corrected chi connectivity index (χ0v) is 10.0. The van der Waals surface area contributed by atoms with Crippen molar-refractivity contribution >= 4 is 11.6 Å². The Hall–Kier alpha value is 0.250. The topological polar surface area (TPSA) is 9.23 Å². The lowest BCUT2D eigenvalue weighted by molar-refractivity contribution is 0.0474. The fourth-order valence-electron chi connectivity index (χ4n) is 3.68. The van der Waals surface area contributed by atoms with Gasteiger partial charge in [0.15, 0.2) is 0 Å². The Morgan fingerprint density at radius 1 is 1.50 bits per heavy atom. The van der Waals surface area contributed by atoms with E-state index in [-0.39, 0.29) is 0 Å².